The van der Waals surface area contributed by atoms with Crippen molar-refractivity contribution >= 4 is 15.7 Å². The first-order chi connectivity index (χ1) is 14.4. The summed E-state index contributed by atoms with van der Waals surface area (Å²) in [5.74, 6) is 0.382. The number of sulfonamides is 1. The highest BCUT2D eigenvalue weighted by Gasteiger charge is 2.43. The third kappa shape index (κ3) is 2.97. The largest absolute Gasteiger partial charge is 0.372 e. The van der Waals surface area contributed by atoms with E-state index in [4.69, 9.17) is 0 Å². The van der Waals surface area contributed by atoms with E-state index in [1.54, 1.807) is 16.4 Å². The summed E-state index contributed by atoms with van der Waals surface area (Å²) in [6, 6.07) is 19.8. The minimum absolute atomic E-state index is 0.245. The molecule has 156 valence electrons. The molecule has 2 aliphatic rings. The maximum absolute atomic E-state index is 13.2. The number of hydrogen-bond acceptors (Lipinski definition) is 3. The first-order valence-electron chi connectivity index (χ1n) is 10.6. The molecule has 0 bridgehead atoms. The molecular weight excluding hydrogens is 394 g/mol. The number of aromatic nitrogens is 1. The van der Waals surface area contributed by atoms with Gasteiger partial charge in [-0.3, -0.25) is 0 Å². The molecule has 1 aromatic heterocycles. The Morgan fingerprint density at radius 1 is 0.933 bits per heavy atom. The smallest absolute Gasteiger partial charge is 0.243 e. The van der Waals surface area contributed by atoms with E-state index in [1.807, 2.05) is 24.3 Å². The molecule has 5 rings (SSSR count). The van der Waals surface area contributed by atoms with Gasteiger partial charge < -0.3 is 9.88 Å². The molecule has 1 fully saturated rings. The number of para-hydroxylation sites is 2. The summed E-state index contributed by atoms with van der Waals surface area (Å²) in [5.41, 5.74) is 4.35. The second kappa shape index (κ2) is 7.00. The maximum Gasteiger partial charge on any atom is 0.243 e. The lowest BCUT2D eigenvalue weighted by Crippen LogP contribution is -2.50. The van der Waals surface area contributed by atoms with Crippen LogP contribution in [0.3, 0.4) is 0 Å². The molecule has 0 unspecified atom stereocenters. The molecule has 0 radical (unpaired) electrons. The van der Waals surface area contributed by atoms with Crippen LogP contribution in [-0.2, 0) is 15.6 Å². The molecule has 0 aliphatic carbocycles. The van der Waals surface area contributed by atoms with E-state index in [1.165, 1.54) is 5.69 Å². The second-order valence-corrected chi connectivity index (χ2v) is 10.6. The average Bonchev–Trinajstić information content (AvgIpc) is 3.26. The van der Waals surface area contributed by atoms with Gasteiger partial charge in [0.05, 0.1) is 21.8 Å². The molecule has 3 aromatic rings. The fraction of sp³-hybridized carbons (Fsp3) is 0.333. The fourth-order valence-corrected chi connectivity index (χ4v) is 6.20. The standard InChI is InChI=1S/C24H27N3O2S/c1-18(2)19-9-11-20(12-10-19)30(28,29)26-16-13-24(14-17-26)23-8-5-15-27(23)22-7-4-3-6-21(22)25-24/h3-12,15,18,25H,13-14,16-17H2,1-2H3. The highest BCUT2D eigenvalue weighted by Crippen LogP contribution is 2.44. The summed E-state index contributed by atoms with van der Waals surface area (Å²) in [5, 5.41) is 3.74. The van der Waals surface area contributed by atoms with Gasteiger partial charge in [-0.25, -0.2) is 8.42 Å². The van der Waals surface area contributed by atoms with Gasteiger partial charge in [-0.05, 0) is 60.7 Å². The molecule has 5 nitrogen and oxygen atoms in total. The Balaban J connectivity index is 1.40. The number of piperidine rings is 1. The summed E-state index contributed by atoms with van der Waals surface area (Å²) in [7, 11) is -3.49. The van der Waals surface area contributed by atoms with Crippen LogP contribution in [0, 0.1) is 0 Å². The van der Waals surface area contributed by atoms with Crippen molar-refractivity contribution in [1.29, 1.82) is 0 Å². The van der Waals surface area contributed by atoms with Gasteiger partial charge in [0, 0.05) is 25.0 Å². The van der Waals surface area contributed by atoms with Gasteiger partial charge in [0.2, 0.25) is 10.0 Å². The van der Waals surface area contributed by atoms with Crippen LogP contribution in [0.25, 0.3) is 5.69 Å². The number of hydrogen-bond donors (Lipinski definition) is 1. The van der Waals surface area contributed by atoms with Crippen molar-refractivity contribution in [3.8, 4) is 5.69 Å². The normalized spacial score (nSPS) is 18.1. The van der Waals surface area contributed by atoms with Crippen LogP contribution in [0.4, 0.5) is 5.69 Å². The Bertz CT molecular complexity index is 1170. The summed E-state index contributed by atoms with van der Waals surface area (Å²) >= 11 is 0. The zero-order valence-electron chi connectivity index (χ0n) is 17.4. The summed E-state index contributed by atoms with van der Waals surface area (Å²) in [6.45, 7) is 5.21. The van der Waals surface area contributed by atoms with E-state index in [2.05, 4.69) is 54.2 Å². The van der Waals surface area contributed by atoms with Crippen LogP contribution >= 0.6 is 0 Å². The van der Waals surface area contributed by atoms with E-state index >= 15 is 0 Å². The van der Waals surface area contributed by atoms with Crippen molar-refractivity contribution in [2.75, 3.05) is 18.4 Å². The van der Waals surface area contributed by atoms with Gasteiger partial charge in [0.1, 0.15) is 0 Å². The molecular formula is C24H27N3O2S. The van der Waals surface area contributed by atoms with E-state index in [-0.39, 0.29) is 5.54 Å². The zero-order valence-corrected chi connectivity index (χ0v) is 18.2. The molecule has 1 saturated heterocycles. The van der Waals surface area contributed by atoms with Crippen LogP contribution in [0.1, 0.15) is 43.9 Å². The van der Waals surface area contributed by atoms with Crippen LogP contribution in [0.5, 0.6) is 0 Å². The molecule has 30 heavy (non-hydrogen) atoms. The van der Waals surface area contributed by atoms with Gasteiger partial charge >= 0.3 is 0 Å². The number of nitrogens with zero attached hydrogens (tertiary/aromatic N) is 2. The molecule has 1 spiro atoms. The van der Waals surface area contributed by atoms with Crippen LogP contribution in [-0.4, -0.2) is 30.4 Å². The van der Waals surface area contributed by atoms with Gasteiger partial charge in [-0.1, -0.05) is 38.1 Å². The average molecular weight is 422 g/mol. The molecule has 1 N–H and O–H groups in total. The highest BCUT2D eigenvalue weighted by molar-refractivity contribution is 7.89. The molecule has 2 aromatic carbocycles. The van der Waals surface area contributed by atoms with Gasteiger partial charge in [-0.15, -0.1) is 0 Å². The van der Waals surface area contributed by atoms with E-state index in [0.717, 1.165) is 29.8 Å². The first-order valence-corrected chi connectivity index (χ1v) is 12.0. The lowest BCUT2D eigenvalue weighted by Gasteiger charge is -2.45. The van der Waals surface area contributed by atoms with E-state index < -0.39 is 10.0 Å². The molecule has 2 aliphatic heterocycles. The second-order valence-electron chi connectivity index (χ2n) is 8.62. The van der Waals surface area contributed by atoms with Crippen molar-refractivity contribution < 1.29 is 8.42 Å². The van der Waals surface area contributed by atoms with Crippen molar-refractivity contribution in [3.05, 3.63) is 78.1 Å². The Hall–Kier alpha value is -2.57. The summed E-state index contributed by atoms with van der Waals surface area (Å²) in [6.07, 6.45) is 3.56. The fourth-order valence-electron chi connectivity index (χ4n) is 4.76. The van der Waals surface area contributed by atoms with Crippen molar-refractivity contribution in [2.45, 2.75) is 43.0 Å². The monoisotopic (exact) mass is 421 g/mol. The maximum atomic E-state index is 13.2. The summed E-state index contributed by atoms with van der Waals surface area (Å²) in [4.78, 5) is 0.383. The van der Waals surface area contributed by atoms with Crippen molar-refractivity contribution in [2.24, 2.45) is 0 Å². The number of benzene rings is 2. The Morgan fingerprint density at radius 2 is 1.63 bits per heavy atom. The highest BCUT2D eigenvalue weighted by atomic mass is 32.2. The van der Waals surface area contributed by atoms with Gasteiger partial charge in [0.25, 0.3) is 0 Å². The van der Waals surface area contributed by atoms with Gasteiger partial charge in [0.15, 0.2) is 0 Å². The van der Waals surface area contributed by atoms with Crippen molar-refractivity contribution in [3.63, 3.8) is 0 Å². The number of anilines is 1. The van der Waals surface area contributed by atoms with Crippen LogP contribution in [0.2, 0.25) is 0 Å². The predicted octanol–water partition coefficient (Wildman–Crippen LogP) is 4.71. The third-order valence-corrected chi connectivity index (χ3v) is 8.45. The quantitative estimate of drug-likeness (QED) is 0.667. The molecule has 3 heterocycles. The first kappa shape index (κ1) is 19.4. The Labute approximate surface area is 178 Å². The SMILES string of the molecule is CC(C)c1ccc(S(=O)(=O)N2CCC3(CC2)Nc2ccccc2-n2cccc23)cc1. The molecule has 0 atom stereocenters. The van der Waals surface area contributed by atoms with E-state index in [0.29, 0.717) is 23.9 Å². The zero-order chi connectivity index (χ0) is 20.9. The lowest BCUT2D eigenvalue weighted by atomic mass is 9.83. The van der Waals surface area contributed by atoms with Crippen LogP contribution < -0.4 is 5.32 Å². The van der Waals surface area contributed by atoms with Crippen molar-refractivity contribution in [1.82, 2.24) is 8.87 Å². The molecule has 6 heteroatoms. The Kier molecular flexibility index (Phi) is 4.52. The minimum atomic E-state index is -3.49. The lowest BCUT2D eigenvalue weighted by molar-refractivity contribution is 0.247. The van der Waals surface area contributed by atoms with Crippen LogP contribution in [0.15, 0.2) is 71.8 Å². The third-order valence-electron chi connectivity index (χ3n) is 6.54. The topological polar surface area (TPSA) is 54.3 Å². The van der Waals surface area contributed by atoms with E-state index in [9.17, 15) is 8.42 Å². The number of rotatable bonds is 3. The summed E-state index contributed by atoms with van der Waals surface area (Å²) < 4.78 is 30.3. The number of fused-ring (bicyclic) bond motifs is 4. The molecule has 0 saturated carbocycles. The predicted molar refractivity (Wildman–Crippen MR) is 120 cm³/mol. The van der Waals surface area contributed by atoms with Gasteiger partial charge in [-0.2, -0.15) is 4.31 Å². The minimum Gasteiger partial charge on any atom is -0.372 e. The Morgan fingerprint density at radius 3 is 2.33 bits per heavy atom. The number of nitrogens with one attached hydrogen (secondary N) is 1. The molecule has 0 amide bonds.